The number of halogens is 1. The predicted molar refractivity (Wildman–Crippen MR) is 62.0 cm³/mol. The van der Waals surface area contributed by atoms with Crippen LogP contribution in [0.1, 0.15) is 5.56 Å². The SMILES string of the molecule is OC1CSCC1Cc1ccccc1Cl. The fourth-order valence-electron chi connectivity index (χ4n) is 1.73. The summed E-state index contributed by atoms with van der Waals surface area (Å²) in [5.74, 6) is 2.29. The Labute approximate surface area is 93.5 Å². The molecule has 0 aliphatic carbocycles. The molecule has 2 atom stereocenters. The molecule has 0 aromatic heterocycles. The number of thioether (sulfide) groups is 1. The first-order valence-electron chi connectivity index (χ1n) is 4.76. The maximum Gasteiger partial charge on any atom is 0.0669 e. The summed E-state index contributed by atoms with van der Waals surface area (Å²) in [6.45, 7) is 0. The minimum atomic E-state index is -0.156. The number of benzene rings is 1. The van der Waals surface area contributed by atoms with Gasteiger partial charge in [0.1, 0.15) is 0 Å². The number of aliphatic hydroxyl groups excluding tert-OH is 1. The van der Waals surface area contributed by atoms with Crippen molar-refractivity contribution in [2.75, 3.05) is 11.5 Å². The summed E-state index contributed by atoms with van der Waals surface area (Å²) < 4.78 is 0. The zero-order valence-corrected chi connectivity index (χ0v) is 9.39. The Bertz CT molecular complexity index is 316. The molecule has 1 saturated heterocycles. The summed E-state index contributed by atoms with van der Waals surface area (Å²) in [6.07, 6.45) is 0.740. The Hall–Kier alpha value is -0.180. The van der Waals surface area contributed by atoms with Crippen LogP contribution in [-0.4, -0.2) is 22.7 Å². The Morgan fingerprint density at radius 3 is 2.79 bits per heavy atom. The average Bonchev–Trinajstić information content (AvgIpc) is 2.56. The molecular weight excluding hydrogens is 216 g/mol. The van der Waals surface area contributed by atoms with Gasteiger partial charge in [-0.25, -0.2) is 0 Å². The zero-order chi connectivity index (χ0) is 9.97. The van der Waals surface area contributed by atoms with Gasteiger partial charge in [0.25, 0.3) is 0 Å². The summed E-state index contributed by atoms with van der Waals surface area (Å²) in [5.41, 5.74) is 1.15. The smallest absolute Gasteiger partial charge is 0.0669 e. The molecule has 0 bridgehead atoms. The van der Waals surface area contributed by atoms with Gasteiger partial charge in [-0.2, -0.15) is 11.8 Å². The molecule has 14 heavy (non-hydrogen) atoms. The number of hydrogen-bond acceptors (Lipinski definition) is 2. The third kappa shape index (κ3) is 2.25. The van der Waals surface area contributed by atoms with Crippen LogP contribution in [0.4, 0.5) is 0 Å². The van der Waals surface area contributed by atoms with Crippen LogP contribution >= 0.6 is 23.4 Å². The van der Waals surface area contributed by atoms with Gasteiger partial charge < -0.3 is 5.11 Å². The van der Waals surface area contributed by atoms with E-state index in [1.54, 1.807) is 0 Å². The molecule has 0 saturated carbocycles. The lowest BCUT2D eigenvalue weighted by atomic mass is 9.97. The van der Waals surface area contributed by atoms with E-state index in [4.69, 9.17) is 11.6 Å². The van der Waals surface area contributed by atoms with Gasteiger partial charge in [-0.15, -0.1) is 0 Å². The molecule has 0 amide bonds. The molecule has 2 rings (SSSR count). The van der Waals surface area contributed by atoms with Crippen LogP contribution in [-0.2, 0) is 6.42 Å². The molecule has 1 fully saturated rings. The molecule has 1 aromatic rings. The number of hydrogen-bond donors (Lipinski definition) is 1. The fraction of sp³-hybridized carbons (Fsp3) is 0.455. The van der Waals surface area contributed by atoms with Crippen LogP contribution in [0, 0.1) is 5.92 Å². The Morgan fingerprint density at radius 1 is 1.36 bits per heavy atom. The molecule has 0 spiro atoms. The lowest BCUT2D eigenvalue weighted by molar-refractivity contribution is 0.150. The lowest BCUT2D eigenvalue weighted by Gasteiger charge is -2.13. The highest BCUT2D eigenvalue weighted by molar-refractivity contribution is 7.99. The quantitative estimate of drug-likeness (QED) is 0.840. The normalized spacial score (nSPS) is 26.7. The monoisotopic (exact) mass is 228 g/mol. The van der Waals surface area contributed by atoms with Crippen molar-refractivity contribution in [3.05, 3.63) is 34.9 Å². The minimum Gasteiger partial charge on any atom is -0.392 e. The van der Waals surface area contributed by atoms with E-state index in [1.165, 1.54) is 0 Å². The standard InChI is InChI=1S/C11H13ClOS/c12-10-4-2-1-3-8(10)5-9-6-14-7-11(9)13/h1-4,9,11,13H,5-7H2. The van der Waals surface area contributed by atoms with E-state index in [-0.39, 0.29) is 6.10 Å². The van der Waals surface area contributed by atoms with Crippen LogP contribution in [0.15, 0.2) is 24.3 Å². The van der Waals surface area contributed by atoms with Crippen molar-refractivity contribution in [3.8, 4) is 0 Å². The van der Waals surface area contributed by atoms with E-state index in [0.717, 1.165) is 28.5 Å². The third-order valence-electron chi connectivity index (χ3n) is 2.60. The first-order chi connectivity index (χ1) is 6.77. The molecule has 3 heteroatoms. The fourth-order valence-corrected chi connectivity index (χ4v) is 3.23. The van der Waals surface area contributed by atoms with E-state index in [9.17, 15) is 5.11 Å². The number of rotatable bonds is 2. The maximum absolute atomic E-state index is 9.68. The van der Waals surface area contributed by atoms with Gasteiger partial charge in [0.15, 0.2) is 0 Å². The van der Waals surface area contributed by atoms with E-state index >= 15 is 0 Å². The zero-order valence-electron chi connectivity index (χ0n) is 7.82. The van der Waals surface area contributed by atoms with Crippen molar-refractivity contribution in [1.82, 2.24) is 0 Å². The molecule has 1 heterocycles. The molecule has 2 unspecified atom stereocenters. The number of aliphatic hydroxyl groups is 1. The lowest BCUT2D eigenvalue weighted by Crippen LogP contribution is -2.19. The summed E-state index contributed by atoms with van der Waals surface area (Å²) >= 11 is 7.88. The maximum atomic E-state index is 9.68. The van der Waals surface area contributed by atoms with E-state index < -0.39 is 0 Å². The summed E-state index contributed by atoms with van der Waals surface area (Å²) in [7, 11) is 0. The topological polar surface area (TPSA) is 20.2 Å². The van der Waals surface area contributed by atoms with E-state index in [1.807, 2.05) is 36.0 Å². The van der Waals surface area contributed by atoms with Crippen LogP contribution in [0.2, 0.25) is 5.02 Å². The van der Waals surface area contributed by atoms with Gasteiger partial charge in [0.05, 0.1) is 6.10 Å². The van der Waals surface area contributed by atoms with Crippen LogP contribution in [0.3, 0.4) is 0 Å². The van der Waals surface area contributed by atoms with Gasteiger partial charge in [0.2, 0.25) is 0 Å². The van der Waals surface area contributed by atoms with Gasteiger partial charge in [-0.1, -0.05) is 29.8 Å². The molecular formula is C11H13ClOS. The molecule has 0 radical (unpaired) electrons. The Kier molecular flexibility index (Phi) is 3.37. The first kappa shape index (κ1) is 10.3. The van der Waals surface area contributed by atoms with Crippen molar-refractivity contribution in [2.45, 2.75) is 12.5 Å². The minimum absolute atomic E-state index is 0.156. The largest absolute Gasteiger partial charge is 0.392 e. The van der Waals surface area contributed by atoms with Crippen LogP contribution < -0.4 is 0 Å². The molecule has 1 aliphatic rings. The van der Waals surface area contributed by atoms with Gasteiger partial charge >= 0.3 is 0 Å². The average molecular weight is 229 g/mol. The third-order valence-corrected chi connectivity index (χ3v) is 4.21. The van der Waals surface area contributed by atoms with Crippen molar-refractivity contribution in [1.29, 1.82) is 0 Å². The highest BCUT2D eigenvalue weighted by atomic mass is 35.5. The molecule has 1 nitrogen and oxygen atoms in total. The van der Waals surface area contributed by atoms with E-state index in [2.05, 4.69) is 0 Å². The predicted octanol–water partition coefficient (Wildman–Crippen LogP) is 2.61. The molecule has 76 valence electrons. The van der Waals surface area contributed by atoms with E-state index in [0.29, 0.717) is 5.92 Å². The highest BCUT2D eigenvalue weighted by Crippen LogP contribution is 2.29. The van der Waals surface area contributed by atoms with Crippen LogP contribution in [0.25, 0.3) is 0 Å². The van der Waals surface area contributed by atoms with Gasteiger partial charge in [-0.3, -0.25) is 0 Å². The second-order valence-corrected chi connectivity index (χ2v) is 5.14. The Balaban J connectivity index is 2.07. The summed E-state index contributed by atoms with van der Waals surface area (Å²) in [5, 5.41) is 10.5. The second kappa shape index (κ2) is 4.56. The van der Waals surface area contributed by atoms with Gasteiger partial charge in [0, 0.05) is 10.8 Å². The van der Waals surface area contributed by atoms with Crippen molar-refractivity contribution in [2.24, 2.45) is 5.92 Å². The molecule has 1 aromatic carbocycles. The van der Waals surface area contributed by atoms with Crippen molar-refractivity contribution in [3.63, 3.8) is 0 Å². The van der Waals surface area contributed by atoms with Gasteiger partial charge in [-0.05, 0) is 29.7 Å². The van der Waals surface area contributed by atoms with Crippen molar-refractivity contribution >= 4 is 23.4 Å². The molecule has 1 aliphatic heterocycles. The molecule has 1 N–H and O–H groups in total. The van der Waals surface area contributed by atoms with Crippen molar-refractivity contribution < 1.29 is 5.11 Å². The second-order valence-electron chi connectivity index (χ2n) is 3.66. The Morgan fingerprint density at radius 2 is 2.14 bits per heavy atom. The summed E-state index contributed by atoms with van der Waals surface area (Å²) in [4.78, 5) is 0. The summed E-state index contributed by atoms with van der Waals surface area (Å²) in [6, 6.07) is 7.88. The van der Waals surface area contributed by atoms with Crippen LogP contribution in [0.5, 0.6) is 0 Å². The first-order valence-corrected chi connectivity index (χ1v) is 6.30. The highest BCUT2D eigenvalue weighted by Gasteiger charge is 2.26.